The van der Waals surface area contributed by atoms with Gasteiger partial charge in [0.25, 0.3) is 0 Å². The Bertz CT molecular complexity index is 1130. The van der Waals surface area contributed by atoms with Crippen LogP contribution < -0.4 is 15.0 Å². The summed E-state index contributed by atoms with van der Waals surface area (Å²) in [5.41, 5.74) is 1.86. The van der Waals surface area contributed by atoms with E-state index in [0.717, 1.165) is 17.0 Å². The number of carbonyl (C=O) groups is 2. The van der Waals surface area contributed by atoms with E-state index in [-0.39, 0.29) is 21.6 Å². The number of hydrogen-bond acceptors (Lipinski definition) is 6. The van der Waals surface area contributed by atoms with Crippen LogP contribution in [0, 0.1) is 5.82 Å². The van der Waals surface area contributed by atoms with Gasteiger partial charge in [0.2, 0.25) is 10.8 Å². The first-order chi connectivity index (χ1) is 14.9. The number of amides is 2. The Morgan fingerprint density at radius 2 is 1.97 bits per heavy atom. The van der Waals surface area contributed by atoms with Crippen LogP contribution in [0.1, 0.15) is 34.8 Å². The lowest BCUT2D eigenvalue weighted by atomic mass is 10.1. The van der Waals surface area contributed by atoms with Gasteiger partial charge in [0, 0.05) is 18.8 Å². The van der Waals surface area contributed by atoms with Crippen LogP contribution in [-0.4, -0.2) is 31.1 Å². The molecule has 7 nitrogen and oxygen atoms in total. The monoisotopic (exact) mass is 441 g/mol. The minimum atomic E-state index is -0.728. The molecular formula is C22H20FN3O4S. The summed E-state index contributed by atoms with van der Waals surface area (Å²) in [6, 6.07) is 12.9. The molecular weight excluding hydrogens is 421 g/mol. The number of benzene rings is 2. The van der Waals surface area contributed by atoms with Gasteiger partial charge in [-0.15, -0.1) is 0 Å². The van der Waals surface area contributed by atoms with Crippen molar-refractivity contribution in [3.63, 3.8) is 0 Å². The van der Waals surface area contributed by atoms with Gasteiger partial charge in [-0.05, 0) is 48.6 Å². The molecule has 0 aliphatic heterocycles. The summed E-state index contributed by atoms with van der Waals surface area (Å²) in [7, 11) is 2.87. The molecule has 0 bridgehead atoms. The average molecular weight is 441 g/mol. The van der Waals surface area contributed by atoms with Gasteiger partial charge >= 0.3 is 12.0 Å². The molecule has 2 amide bonds. The molecule has 1 aromatic heterocycles. The fourth-order valence-electron chi connectivity index (χ4n) is 2.99. The normalized spacial score (nSPS) is 12.9. The average Bonchev–Trinajstić information content (AvgIpc) is 3.55. The van der Waals surface area contributed by atoms with E-state index in [0.29, 0.717) is 5.92 Å². The number of urea groups is 1. The molecule has 1 aliphatic carbocycles. The van der Waals surface area contributed by atoms with E-state index < -0.39 is 17.8 Å². The third-order valence-electron chi connectivity index (χ3n) is 4.81. The number of thiazole rings is 1. The van der Waals surface area contributed by atoms with Gasteiger partial charge in [0.1, 0.15) is 11.6 Å². The van der Waals surface area contributed by atoms with E-state index in [9.17, 15) is 14.0 Å². The zero-order valence-electron chi connectivity index (χ0n) is 16.9. The summed E-state index contributed by atoms with van der Waals surface area (Å²) in [4.78, 5) is 30.5. The summed E-state index contributed by atoms with van der Waals surface area (Å²) in [5.74, 6) is -0.444. The zero-order valence-corrected chi connectivity index (χ0v) is 17.7. The Morgan fingerprint density at radius 3 is 2.68 bits per heavy atom. The van der Waals surface area contributed by atoms with Gasteiger partial charge in [-0.3, -0.25) is 10.2 Å². The summed E-state index contributed by atoms with van der Waals surface area (Å²) < 4.78 is 23.8. The van der Waals surface area contributed by atoms with Crippen molar-refractivity contribution >= 4 is 34.2 Å². The van der Waals surface area contributed by atoms with Crippen LogP contribution in [0.5, 0.6) is 10.8 Å². The molecule has 1 heterocycles. The van der Waals surface area contributed by atoms with Crippen LogP contribution in [0.4, 0.5) is 20.0 Å². The van der Waals surface area contributed by atoms with Crippen LogP contribution >= 0.6 is 11.3 Å². The molecule has 4 rings (SSSR count). The Balaban J connectivity index is 1.53. The lowest BCUT2D eigenvalue weighted by Gasteiger charge is -2.18. The van der Waals surface area contributed by atoms with Crippen molar-refractivity contribution in [3.8, 4) is 10.8 Å². The number of carbonyl (C=O) groups excluding carboxylic acids is 2. The van der Waals surface area contributed by atoms with Crippen LogP contribution in [0.2, 0.25) is 0 Å². The fourth-order valence-corrected chi connectivity index (χ4v) is 3.80. The minimum absolute atomic E-state index is 0.0890. The number of halogens is 1. The SMILES string of the molecule is COC(=O)c1nc(NC(=O)N(C)c2cccc(C3CC3)c2)sc1Oc1cccc(F)c1. The van der Waals surface area contributed by atoms with Gasteiger partial charge in [0.15, 0.2) is 5.13 Å². The van der Waals surface area contributed by atoms with E-state index in [4.69, 9.17) is 9.47 Å². The first-order valence-electron chi connectivity index (χ1n) is 9.62. The van der Waals surface area contributed by atoms with Gasteiger partial charge in [0.05, 0.1) is 7.11 Å². The quantitative estimate of drug-likeness (QED) is 0.518. The van der Waals surface area contributed by atoms with Crippen molar-refractivity contribution in [3.05, 3.63) is 65.6 Å². The van der Waals surface area contributed by atoms with E-state index >= 15 is 0 Å². The van der Waals surface area contributed by atoms with Crippen LogP contribution in [-0.2, 0) is 4.74 Å². The Labute approximate surface area is 182 Å². The third-order valence-corrected chi connectivity index (χ3v) is 5.65. The molecule has 2 aromatic carbocycles. The Kier molecular flexibility index (Phi) is 5.85. The maximum absolute atomic E-state index is 13.5. The molecule has 0 saturated heterocycles. The number of aromatic nitrogens is 1. The molecule has 0 radical (unpaired) electrons. The second kappa shape index (κ2) is 8.73. The van der Waals surface area contributed by atoms with Crippen molar-refractivity contribution in [1.29, 1.82) is 0 Å². The van der Waals surface area contributed by atoms with E-state index in [1.165, 1.54) is 48.6 Å². The number of ether oxygens (including phenoxy) is 2. The van der Waals surface area contributed by atoms with Crippen LogP contribution in [0.15, 0.2) is 48.5 Å². The van der Waals surface area contributed by atoms with Crippen molar-refractivity contribution in [2.75, 3.05) is 24.4 Å². The summed E-state index contributed by atoms with van der Waals surface area (Å²) in [6.45, 7) is 0. The summed E-state index contributed by atoms with van der Waals surface area (Å²) >= 11 is 0.948. The van der Waals surface area contributed by atoms with E-state index in [1.807, 2.05) is 18.2 Å². The number of methoxy groups -OCH3 is 1. The largest absolute Gasteiger partial charge is 0.464 e. The van der Waals surface area contributed by atoms with E-state index in [2.05, 4.69) is 16.4 Å². The second-order valence-corrected chi connectivity index (χ2v) is 8.03. The summed E-state index contributed by atoms with van der Waals surface area (Å²) in [6.07, 6.45) is 2.34. The number of esters is 1. The Morgan fingerprint density at radius 1 is 1.19 bits per heavy atom. The van der Waals surface area contributed by atoms with Gasteiger partial charge < -0.3 is 9.47 Å². The molecule has 0 unspecified atom stereocenters. The molecule has 9 heteroatoms. The molecule has 1 aliphatic rings. The van der Waals surface area contributed by atoms with Crippen molar-refractivity contribution in [2.24, 2.45) is 0 Å². The first kappa shape index (κ1) is 20.8. The number of nitrogens with one attached hydrogen (secondary N) is 1. The topological polar surface area (TPSA) is 80.8 Å². The molecule has 3 aromatic rings. The first-order valence-corrected chi connectivity index (χ1v) is 10.4. The Hall–Kier alpha value is -3.46. The number of hydrogen-bond donors (Lipinski definition) is 1. The van der Waals surface area contributed by atoms with Crippen molar-refractivity contribution in [2.45, 2.75) is 18.8 Å². The molecule has 31 heavy (non-hydrogen) atoms. The maximum atomic E-state index is 13.5. The zero-order chi connectivity index (χ0) is 22.0. The number of rotatable bonds is 6. The second-order valence-electron chi connectivity index (χ2n) is 7.06. The molecule has 1 N–H and O–H groups in total. The van der Waals surface area contributed by atoms with Gasteiger partial charge in [-0.25, -0.2) is 19.0 Å². The van der Waals surface area contributed by atoms with Crippen molar-refractivity contribution in [1.82, 2.24) is 4.98 Å². The highest BCUT2D eigenvalue weighted by atomic mass is 32.1. The highest BCUT2D eigenvalue weighted by Gasteiger charge is 2.25. The molecule has 160 valence electrons. The standard InChI is InChI=1S/C22H20FN3O4S/c1-26(16-7-3-5-14(11-16)13-9-10-13)22(28)25-21-24-18(19(27)29-2)20(31-21)30-17-8-4-6-15(23)12-17/h3-8,11-13H,9-10H2,1-2H3,(H,24,25,28). The third kappa shape index (κ3) is 4.83. The van der Waals surface area contributed by atoms with Crippen molar-refractivity contribution < 1.29 is 23.5 Å². The predicted octanol–water partition coefficient (Wildman–Crippen LogP) is 5.41. The lowest BCUT2D eigenvalue weighted by Crippen LogP contribution is -2.31. The van der Waals surface area contributed by atoms with Gasteiger partial charge in [-0.2, -0.15) is 0 Å². The van der Waals surface area contributed by atoms with Crippen LogP contribution in [0.3, 0.4) is 0 Å². The smallest absolute Gasteiger partial charge is 0.361 e. The molecule has 1 fully saturated rings. The van der Waals surface area contributed by atoms with Gasteiger partial charge in [-0.1, -0.05) is 29.5 Å². The fraction of sp³-hybridized carbons (Fsp3) is 0.227. The minimum Gasteiger partial charge on any atom is -0.464 e. The van der Waals surface area contributed by atoms with Crippen LogP contribution in [0.25, 0.3) is 0 Å². The highest BCUT2D eigenvalue weighted by Crippen LogP contribution is 2.41. The van der Waals surface area contributed by atoms with E-state index in [1.54, 1.807) is 13.1 Å². The molecule has 0 atom stereocenters. The maximum Gasteiger partial charge on any atom is 0.361 e. The number of anilines is 2. The highest BCUT2D eigenvalue weighted by molar-refractivity contribution is 7.17. The summed E-state index contributed by atoms with van der Waals surface area (Å²) in [5, 5.41) is 2.92. The number of nitrogens with zero attached hydrogens (tertiary/aromatic N) is 2. The predicted molar refractivity (Wildman–Crippen MR) is 116 cm³/mol. The lowest BCUT2D eigenvalue weighted by molar-refractivity contribution is 0.0592. The molecule has 0 spiro atoms. The molecule has 1 saturated carbocycles.